The topological polar surface area (TPSA) is 35.3 Å². The van der Waals surface area contributed by atoms with Gasteiger partial charge in [0.2, 0.25) is 0 Å². The monoisotopic (exact) mass is 199 g/mol. The Bertz CT molecular complexity index is 453. The third-order valence-corrected chi connectivity index (χ3v) is 1.80. The van der Waals surface area contributed by atoms with Crippen molar-refractivity contribution >= 4 is 11.1 Å². The first-order valence-corrected chi connectivity index (χ1v) is 3.93. The van der Waals surface area contributed by atoms with E-state index in [0.29, 0.717) is 16.8 Å². The number of hydrogen-bond acceptors (Lipinski definition) is 3. The summed E-state index contributed by atoms with van der Waals surface area (Å²) in [6.45, 7) is 0. The molecule has 0 atom stereocenters. The number of alkyl halides is 2. The molecule has 0 aliphatic rings. The van der Waals surface area contributed by atoms with E-state index in [9.17, 15) is 8.78 Å². The van der Waals surface area contributed by atoms with Crippen molar-refractivity contribution in [3.8, 4) is 5.75 Å². The van der Waals surface area contributed by atoms with Crippen LogP contribution in [0.1, 0.15) is 12.3 Å². The molecule has 0 N–H and O–H groups in total. The molecule has 0 radical (unpaired) electrons. The zero-order chi connectivity index (χ0) is 10.1. The van der Waals surface area contributed by atoms with E-state index in [2.05, 4.69) is 4.98 Å². The van der Waals surface area contributed by atoms with Gasteiger partial charge >= 0.3 is 6.43 Å². The largest absolute Gasteiger partial charge is 0.497 e. The van der Waals surface area contributed by atoms with Gasteiger partial charge in [0.25, 0.3) is 5.89 Å². The van der Waals surface area contributed by atoms with Gasteiger partial charge in [0.15, 0.2) is 5.58 Å². The Labute approximate surface area is 78.3 Å². The van der Waals surface area contributed by atoms with Crippen LogP contribution < -0.4 is 4.74 Å². The molecule has 0 amide bonds. The summed E-state index contributed by atoms with van der Waals surface area (Å²) in [6, 6.07) is 4.72. The van der Waals surface area contributed by atoms with Gasteiger partial charge in [0, 0.05) is 6.07 Å². The first-order chi connectivity index (χ1) is 6.70. The van der Waals surface area contributed by atoms with Crippen molar-refractivity contribution in [1.29, 1.82) is 0 Å². The lowest BCUT2D eigenvalue weighted by Gasteiger charge is -1.95. The molecule has 2 aromatic rings. The number of oxazole rings is 1. The molecule has 0 saturated heterocycles. The summed E-state index contributed by atoms with van der Waals surface area (Å²) >= 11 is 0. The third kappa shape index (κ3) is 1.41. The summed E-state index contributed by atoms with van der Waals surface area (Å²) in [5.41, 5.74) is 0.709. The summed E-state index contributed by atoms with van der Waals surface area (Å²) in [5.74, 6) is -0.000121. The zero-order valence-electron chi connectivity index (χ0n) is 7.33. The van der Waals surface area contributed by atoms with Crippen LogP contribution in [0.4, 0.5) is 8.78 Å². The highest BCUT2D eigenvalue weighted by molar-refractivity contribution is 5.74. The zero-order valence-corrected chi connectivity index (χ0v) is 7.33. The molecule has 1 heterocycles. The normalized spacial score (nSPS) is 11.1. The molecule has 0 bridgehead atoms. The fraction of sp³-hybridized carbons (Fsp3) is 0.222. The number of ether oxygens (including phenoxy) is 1. The molecule has 0 saturated carbocycles. The lowest BCUT2D eigenvalue weighted by Crippen LogP contribution is -1.82. The molecule has 0 unspecified atom stereocenters. The van der Waals surface area contributed by atoms with Crippen LogP contribution in [0.3, 0.4) is 0 Å². The Kier molecular flexibility index (Phi) is 2.07. The molecule has 0 aliphatic carbocycles. The molecule has 0 fully saturated rings. The van der Waals surface area contributed by atoms with Crippen LogP contribution in [0.2, 0.25) is 0 Å². The average molecular weight is 199 g/mol. The van der Waals surface area contributed by atoms with Gasteiger partial charge in [-0.25, -0.2) is 4.98 Å². The Hall–Kier alpha value is -1.65. The Morgan fingerprint density at radius 2 is 2.21 bits per heavy atom. The van der Waals surface area contributed by atoms with Gasteiger partial charge in [-0.2, -0.15) is 8.78 Å². The predicted molar refractivity (Wildman–Crippen MR) is 45.5 cm³/mol. The second kappa shape index (κ2) is 3.25. The molecule has 5 heteroatoms. The predicted octanol–water partition coefficient (Wildman–Crippen LogP) is 2.77. The van der Waals surface area contributed by atoms with Crippen molar-refractivity contribution in [3.05, 3.63) is 24.1 Å². The van der Waals surface area contributed by atoms with Gasteiger partial charge in [-0.05, 0) is 12.1 Å². The number of fused-ring (bicyclic) bond motifs is 1. The Balaban J connectivity index is 2.54. The van der Waals surface area contributed by atoms with Crippen molar-refractivity contribution in [2.75, 3.05) is 7.11 Å². The van der Waals surface area contributed by atoms with Crippen LogP contribution in [0, 0.1) is 0 Å². The van der Waals surface area contributed by atoms with Gasteiger partial charge in [-0.1, -0.05) is 0 Å². The maximum absolute atomic E-state index is 12.2. The SMILES string of the molecule is COc1ccc2oc(C(F)F)nc2c1. The highest BCUT2D eigenvalue weighted by Crippen LogP contribution is 2.25. The van der Waals surface area contributed by atoms with E-state index in [0.717, 1.165) is 0 Å². The summed E-state index contributed by atoms with van der Waals surface area (Å²) in [7, 11) is 1.50. The van der Waals surface area contributed by atoms with Crippen LogP contribution in [0.15, 0.2) is 22.6 Å². The van der Waals surface area contributed by atoms with Crippen LogP contribution >= 0.6 is 0 Å². The summed E-state index contributed by atoms with van der Waals surface area (Å²) in [6.07, 6.45) is -2.69. The van der Waals surface area contributed by atoms with E-state index in [4.69, 9.17) is 9.15 Å². The molecule has 0 spiro atoms. The van der Waals surface area contributed by atoms with Crippen LogP contribution in [-0.2, 0) is 0 Å². The van der Waals surface area contributed by atoms with Gasteiger partial charge in [-0.3, -0.25) is 0 Å². The second-order valence-corrected chi connectivity index (χ2v) is 2.69. The van der Waals surface area contributed by atoms with Gasteiger partial charge in [0.1, 0.15) is 11.3 Å². The van der Waals surface area contributed by atoms with E-state index in [1.165, 1.54) is 7.11 Å². The van der Waals surface area contributed by atoms with Gasteiger partial charge in [0.05, 0.1) is 7.11 Å². The molecular formula is C9H7F2NO2. The molecule has 2 rings (SSSR count). The van der Waals surface area contributed by atoms with Gasteiger partial charge < -0.3 is 9.15 Å². The standard InChI is InChI=1S/C9H7F2NO2/c1-13-5-2-3-7-6(4-5)12-9(14-7)8(10)11/h2-4,8H,1H3. The van der Waals surface area contributed by atoms with E-state index < -0.39 is 12.3 Å². The van der Waals surface area contributed by atoms with Crippen molar-refractivity contribution in [1.82, 2.24) is 4.98 Å². The lowest BCUT2D eigenvalue weighted by atomic mass is 10.3. The van der Waals surface area contributed by atoms with E-state index in [-0.39, 0.29) is 0 Å². The minimum absolute atomic E-state index is 0.334. The third-order valence-electron chi connectivity index (χ3n) is 1.80. The number of rotatable bonds is 2. The molecule has 0 aliphatic heterocycles. The fourth-order valence-electron chi connectivity index (χ4n) is 1.15. The first-order valence-electron chi connectivity index (χ1n) is 3.93. The number of benzene rings is 1. The smallest absolute Gasteiger partial charge is 0.313 e. The minimum atomic E-state index is -2.69. The first kappa shape index (κ1) is 8.93. The van der Waals surface area contributed by atoms with Crippen molar-refractivity contribution in [2.45, 2.75) is 6.43 Å². The summed E-state index contributed by atoms with van der Waals surface area (Å²) in [4.78, 5) is 3.62. The summed E-state index contributed by atoms with van der Waals surface area (Å²) < 4.78 is 34.1. The van der Waals surface area contributed by atoms with Crippen molar-refractivity contribution < 1.29 is 17.9 Å². The van der Waals surface area contributed by atoms with Crippen LogP contribution in [-0.4, -0.2) is 12.1 Å². The van der Waals surface area contributed by atoms with E-state index in [1.807, 2.05) is 0 Å². The van der Waals surface area contributed by atoms with Crippen LogP contribution in [0.5, 0.6) is 5.75 Å². The minimum Gasteiger partial charge on any atom is -0.497 e. The van der Waals surface area contributed by atoms with Gasteiger partial charge in [-0.15, -0.1) is 0 Å². The van der Waals surface area contributed by atoms with Crippen molar-refractivity contribution in [3.63, 3.8) is 0 Å². The number of hydrogen-bond donors (Lipinski definition) is 0. The molecule has 1 aromatic heterocycles. The number of halogens is 2. The molecule has 74 valence electrons. The lowest BCUT2D eigenvalue weighted by molar-refractivity contribution is 0.117. The van der Waals surface area contributed by atoms with Crippen LogP contribution in [0.25, 0.3) is 11.1 Å². The fourth-order valence-corrected chi connectivity index (χ4v) is 1.15. The van der Waals surface area contributed by atoms with Crippen molar-refractivity contribution in [2.24, 2.45) is 0 Å². The Morgan fingerprint density at radius 3 is 2.86 bits per heavy atom. The quantitative estimate of drug-likeness (QED) is 0.745. The summed E-state index contributed by atoms with van der Waals surface area (Å²) in [5, 5.41) is 0. The average Bonchev–Trinajstić information content (AvgIpc) is 2.59. The molecule has 14 heavy (non-hydrogen) atoms. The molecule has 3 nitrogen and oxygen atoms in total. The Morgan fingerprint density at radius 1 is 1.43 bits per heavy atom. The molecular weight excluding hydrogens is 192 g/mol. The van der Waals surface area contributed by atoms with E-state index >= 15 is 0 Å². The van der Waals surface area contributed by atoms with E-state index in [1.54, 1.807) is 18.2 Å². The number of aromatic nitrogens is 1. The maximum Gasteiger partial charge on any atom is 0.313 e. The highest BCUT2D eigenvalue weighted by Gasteiger charge is 2.15. The highest BCUT2D eigenvalue weighted by atomic mass is 19.3. The number of methoxy groups -OCH3 is 1. The molecule has 1 aromatic carbocycles. The number of nitrogens with zero attached hydrogens (tertiary/aromatic N) is 1. The second-order valence-electron chi connectivity index (χ2n) is 2.69. The maximum atomic E-state index is 12.2.